The number of likely N-dealkylation sites (tertiary alicyclic amines) is 2. The van der Waals surface area contributed by atoms with Gasteiger partial charge in [-0.25, -0.2) is 0 Å². The number of rotatable bonds is 4. The van der Waals surface area contributed by atoms with Crippen LogP contribution in [0.2, 0.25) is 5.02 Å². The highest BCUT2D eigenvalue weighted by Gasteiger charge is 2.41. The van der Waals surface area contributed by atoms with Crippen molar-refractivity contribution < 1.29 is 4.79 Å². The highest BCUT2D eigenvalue weighted by Crippen LogP contribution is 2.32. The van der Waals surface area contributed by atoms with Crippen LogP contribution in [0, 0.1) is 11.8 Å². The van der Waals surface area contributed by atoms with Gasteiger partial charge in [0.1, 0.15) is 0 Å². The summed E-state index contributed by atoms with van der Waals surface area (Å²) < 4.78 is 0. The van der Waals surface area contributed by atoms with Crippen molar-refractivity contribution in [2.45, 2.75) is 13.0 Å². The molecule has 0 N–H and O–H groups in total. The van der Waals surface area contributed by atoms with E-state index in [1.807, 2.05) is 47.5 Å². The average Bonchev–Trinajstić information content (AvgIpc) is 3.16. The third kappa shape index (κ3) is 3.86. The molecule has 0 radical (unpaired) electrons. The number of carbonyl (C=O) groups excluding carboxylic acids is 1. The first kappa shape index (κ1) is 16.6. The van der Waals surface area contributed by atoms with E-state index in [-0.39, 0.29) is 5.91 Å². The van der Waals surface area contributed by atoms with E-state index in [1.54, 1.807) is 0 Å². The molecule has 130 valence electrons. The SMILES string of the molecule is O=C(Cc1ccc(Cl)cc1)N1CC2CN(Cc3ccccn3)CC2C1. The summed E-state index contributed by atoms with van der Waals surface area (Å²) in [6.07, 6.45) is 2.32. The maximum atomic E-state index is 12.6. The van der Waals surface area contributed by atoms with E-state index >= 15 is 0 Å². The van der Waals surface area contributed by atoms with Crippen molar-refractivity contribution in [1.29, 1.82) is 0 Å². The molecular formula is C20H22ClN3O. The monoisotopic (exact) mass is 355 g/mol. The van der Waals surface area contributed by atoms with E-state index in [0.717, 1.165) is 44.0 Å². The second kappa shape index (κ2) is 7.14. The first-order valence-electron chi connectivity index (χ1n) is 8.82. The molecule has 3 heterocycles. The van der Waals surface area contributed by atoms with Crippen molar-refractivity contribution in [3.05, 3.63) is 64.9 Å². The van der Waals surface area contributed by atoms with E-state index in [9.17, 15) is 4.79 Å². The van der Waals surface area contributed by atoms with Crippen LogP contribution in [-0.2, 0) is 17.8 Å². The number of amides is 1. The van der Waals surface area contributed by atoms with Crippen LogP contribution in [0.3, 0.4) is 0 Å². The first-order valence-corrected chi connectivity index (χ1v) is 9.19. The molecule has 0 aliphatic carbocycles. The standard InChI is InChI=1S/C20H22ClN3O/c21-18-6-4-15(5-7-18)9-20(25)24-12-16-10-23(11-17(16)13-24)14-19-3-1-2-8-22-19/h1-8,16-17H,9-14H2. The summed E-state index contributed by atoms with van der Waals surface area (Å²) in [4.78, 5) is 21.5. The number of halogens is 1. The van der Waals surface area contributed by atoms with Crippen LogP contribution >= 0.6 is 11.6 Å². The molecule has 2 aromatic rings. The quantitative estimate of drug-likeness (QED) is 0.846. The van der Waals surface area contributed by atoms with Gasteiger partial charge in [-0.1, -0.05) is 29.8 Å². The van der Waals surface area contributed by atoms with Crippen molar-refractivity contribution in [2.24, 2.45) is 11.8 Å². The number of aromatic nitrogens is 1. The maximum absolute atomic E-state index is 12.6. The highest BCUT2D eigenvalue weighted by atomic mass is 35.5. The van der Waals surface area contributed by atoms with Crippen molar-refractivity contribution in [3.63, 3.8) is 0 Å². The molecule has 1 aromatic carbocycles. The molecule has 4 nitrogen and oxygen atoms in total. The van der Waals surface area contributed by atoms with Gasteiger partial charge in [-0.2, -0.15) is 0 Å². The van der Waals surface area contributed by atoms with Crippen LogP contribution in [0.4, 0.5) is 0 Å². The largest absolute Gasteiger partial charge is 0.342 e. The van der Waals surface area contributed by atoms with Gasteiger partial charge >= 0.3 is 0 Å². The number of hydrogen-bond donors (Lipinski definition) is 0. The second-order valence-corrected chi connectivity index (χ2v) is 7.57. The molecule has 0 saturated carbocycles. The number of fused-ring (bicyclic) bond motifs is 1. The molecule has 2 fully saturated rings. The van der Waals surface area contributed by atoms with E-state index in [0.29, 0.717) is 23.3 Å². The van der Waals surface area contributed by atoms with Crippen LogP contribution in [0.1, 0.15) is 11.3 Å². The predicted octanol–water partition coefficient (Wildman–Crippen LogP) is 2.87. The summed E-state index contributed by atoms with van der Waals surface area (Å²) in [6, 6.07) is 13.6. The number of carbonyl (C=O) groups is 1. The Hall–Kier alpha value is -1.91. The first-order chi connectivity index (χ1) is 12.2. The smallest absolute Gasteiger partial charge is 0.227 e. The lowest BCUT2D eigenvalue weighted by molar-refractivity contribution is -0.129. The second-order valence-electron chi connectivity index (χ2n) is 7.14. The fraction of sp³-hybridized carbons (Fsp3) is 0.400. The summed E-state index contributed by atoms with van der Waals surface area (Å²) in [7, 11) is 0. The van der Waals surface area contributed by atoms with Gasteiger partial charge in [0.25, 0.3) is 0 Å². The fourth-order valence-corrected chi connectivity index (χ4v) is 4.16. The summed E-state index contributed by atoms with van der Waals surface area (Å²) >= 11 is 5.91. The van der Waals surface area contributed by atoms with Gasteiger partial charge < -0.3 is 4.90 Å². The Morgan fingerprint density at radius 3 is 2.40 bits per heavy atom. The molecule has 1 amide bonds. The Bertz CT molecular complexity index is 720. The van der Waals surface area contributed by atoms with Crippen molar-refractivity contribution >= 4 is 17.5 Å². The molecular weight excluding hydrogens is 334 g/mol. The zero-order valence-electron chi connectivity index (χ0n) is 14.1. The number of nitrogens with zero attached hydrogens (tertiary/aromatic N) is 3. The molecule has 1 aromatic heterocycles. The predicted molar refractivity (Wildman–Crippen MR) is 98.2 cm³/mol. The number of benzene rings is 1. The van der Waals surface area contributed by atoms with Crippen molar-refractivity contribution in [1.82, 2.24) is 14.8 Å². The maximum Gasteiger partial charge on any atom is 0.227 e. The third-order valence-electron chi connectivity index (χ3n) is 5.29. The molecule has 2 unspecified atom stereocenters. The molecule has 25 heavy (non-hydrogen) atoms. The van der Waals surface area contributed by atoms with Gasteiger partial charge in [0.05, 0.1) is 12.1 Å². The number of hydrogen-bond acceptors (Lipinski definition) is 3. The average molecular weight is 356 g/mol. The van der Waals surface area contributed by atoms with E-state index in [2.05, 4.69) is 16.0 Å². The highest BCUT2D eigenvalue weighted by molar-refractivity contribution is 6.30. The Labute approximate surface area is 153 Å². The van der Waals surface area contributed by atoms with Gasteiger partial charge in [-0.05, 0) is 41.7 Å². The normalized spacial score (nSPS) is 23.0. The van der Waals surface area contributed by atoms with E-state index < -0.39 is 0 Å². The molecule has 4 rings (SSSR count). The fourth-order valence-electron chi connectivity index (χ4n) is 4.03. The topological polar surface area (TPSA) is 36.4 Å². The van der Waals surface area contributed by atoms with E-state index in [1.165, 1.54) is 0 Å². The zero-order valence-corrected chi connectivity index (χ0v) is 14.9. The molecule has 2 aliphatic heterocycles. The van der Waals surface area contributed by atoms with Gasteiger partial charge in [0, 0.05) is 43.9 Å². The third-order valence-corrected chi connectivity index (χ3v) is 5.55. The van der Waals surface area contributed by atoms with Gasteiger partial charge in [-0.3, -0.25) is 14.7 Å². The van der Waals surface area contributed by atoms with Gasteiger partial charge in [0.15, 0.2) is 0 Å². The van der Waals surface area contributed by atoms with Crippen LogP contribution < -0.4 is 0 Å². The van der Waals surface area contributed by atoms with Crippen molar-refractivity contribution in [2.75, 3.05) is 26.2 Å². The summed E-state index contributed by atoms with van der Waals surface area (Å²) in [5.74, 6) is 1.42. The van der Waals surface area contributed by atoms with Crippen LogP contribution in [0.15, 0.2) is 48.7 Å². The lowest BCUT2D eigenvalue weighted by Gasteiger charge is -2.21. The van der Waals surface area contributed by atoms with Gasteiger partial charge in [-0.15, -0.1) is 0 Å². The molecule has 0 spiro atoms. The summed E-state index contributed by atoms with van der Waals surface area (Å²) in [6.45, 7) is 4.80. The molecule has 5 heteroatoms. The van der Waals surface area contributed by atoms with Crippen LogP contribution in [0.5, 0.6) is 0 Å². The minimum absolute atomic E-state index is 0.230. The molecule has 2 aliphatic rings. The molecule has 2 saturated heterocycles. The minimum Gasteiger partial charge on any atom is -0.342 e. The molecule has 0 bridgehead atoms. The molecule has 2 atom stereocenters. The minimum atomic E-state index is 0.230. The lowest BCUT2D eigenvalue weighted by Crippen LogP contribution is -2.34. The van der Waals surface area contributed by atoms with Crippen molar-refractivity contribution in [3.8, 4) is 0 Å². The lowest BCUT2D eigenvalue weighted by atomic mass is 10.0. The Kier molecular flexibility index (Phi) is 4.73. The number of pyridine rings is 1. The van der Waals surface area contributed by atoms with Gasteiger partial charge in [0.2, 0.25) is 5.91 Å². The summed E-state index contributed by atoms with van der Waals surface area (Å²) in [5, 5.41) is 0.708. The summed E-state index contributed by atoms with van der Waals surface area (Å²) in [5.41, 5.74) is 2.15. The Morgan fingerprint density at radius 1 is 1.04 bits per heavy atom. The van der Waals surface area contributed by atoms with Crippen LogP contribution in [0.25, 0.3) is 0 Å². The van der Waals surface area contributed by atoms with E-state index in [4.69, 9.17) is 11.6 Å². The zero-order chi connectivity index (χ0) is 17.2. The van der Waals surface area contributed by atoms with Crippen LogP contribution in [-0.4, -0.2) is 46.9 Å². The Morgan fingerprint density at radius 2 is 1.76 bits per heavy atom. The Balaban J connectivity index is 1.30.